The first-order valence-corrected chi connectivity index (χ1v) is 5.83. The third-order valence-electron chi connectivity index (χ3n) is 1.93. The van der Waals surface area contributed by atoms with Crippen LogP contribution in [0.25, 0.3) is 0 Å². The molecule has 0 aliphatic heterocycles. The van der Waals surface area contributed by atoms with Gasteiger partial charge >= 0.3 is 0 Å². The fourth-order valence-corrected chi connectivity index (χ4v) is 2.09. The Morgan fingerprint density at radius 1 is 1.53 bits per heavy atom. The number of methoxy groups -OCH3 is 1. The summed E-state index contributed by atoms with van der Waals surface area (Å²) >= 11 is 1.70. The highest BCUT2D eigenvalue weighted by Crippen LogP contribution is 2.31. The van der Waals surface area contributed by atoms with Gasteiger partial charge in [0.25, 0.3) is 0 Å². The maximum Gasteiger partial charge on any atom is 0.147 e. The first-order valence-electron chi connectivity index (χ1n) is 5.02. The summed E-state index contributed by atoms with van der Waals surface area (Å²) in [7, 11) is 1.69. The molecule has 1 aromatic rings. The largest absolute Gasteiger partial charge is 0.497 e. The predicted molar refractivity (Wildman–Crippen MR) is 65.8 cm³/mol. The lowest BCUT2D eigenvalue weighted by molar-refractivity contribution is -0.570. The molecule has 0 aromatic heterocycles. The summed E-state index contributed by atoms with van der Waals surface area (Å²) in [5.74, 6) is 0.903. The van der Waals surface area contributed by atoms with E-state index < -0.39 is 0 Å². The SMILES string of the molecule is C=C(C)Sc1ccc(OC)cc1[NH2+]CC. The van der Waals surface area contributed by atoms with Crippen LogP contribution < -0.4 is 10.1 Å². The van der Waals surface area contributed by atoms with Crippen LogP contribution in [0.3, 0.4) is 0 Å². The fourth-order valence-electron chi connectivity index (χ4n) is 1.31. The molecule has 0 saturated carbocycles. The van der Waals surface area contributed by atoms with Crippen LogP contribution in [-0.4, -0.2) is 13.7 Å². The zero-order valence-electron chi connectivity index (χ0n) is 9.54. The van der Waals surface area contributed by atoms with E-state index in [-0.39, 0.29) is 0 Å². The first kappa shape index (κ1) is 12.1. The molecule has 1 rings (SSSR count). The minimum absolute atomic E-state index is 0.903. The summed E-state index contributed by atoms with van der Waals surface area (Å²) in [6.07, 6.45) is 0. The maximum absolute atomic E-state index is 5.21. The summed E-state index contributed by atoms with van der Waals surface area (Å²) in [6, 6.07) is 6.13. The molecule has 0 atom stereocenters. The maximum atomic E-state index is 5.21. The molecule has 0 saturated heterocycles. The highest BCUT2D eigenvalue weighted by Gasteiger charge is 2.08. The summed E-state index contributed by atoms with van der Waals surface area (Å²) in [5.41, 5.74) is 1.23. The van der Waals surface area contributed by atoms with Crippen molar-refractivity contribution in [2.24, 2.45) is 0 Å². The summed E-state index contributed by atoms with van der Waals surface area (Å²) in [6.45, 7) is 9.09. The van der Waals surface area contributed by atoms with E-state index in [2.05, 4.69) is 31.0 Å². The Labute approximate surface area is 95.7 Å². The monoisotopic (exact) mass is 224 g/mol. The van der Waals surface area contributed by atoms with Crippen LogP contribution in [0, 0.1) is 0 Å². The normalized spacial score (nSPS) is 10.1. The van der Waals surface area contributed by atoms with Gasteiger partial charge in [0.05, 0.1) is 18.6 Å². The number of thioether (sulfide) groups is 1. The Morgan fingerprint density at radius 3 is 2.80 bits per heavy atom. The fraction of sp³-hybridized carbons (Fsp3) is 0.333. The molecule has 15 heavy (non-hydrogen) atoms. The number of ether oxygens (including phenoxy) is 1. The third kappa shape index (κ3) is 3.61. The molecule has 0 amide bonds. The van der Waals surface area contributed by atoms with Gasteiger partial charge in [0.15, 0.2) is 0 Å². The number of allylic oxidation sites excluding steroid dienone is 1. The zero-order chi connectivity index (χ0) is 11.3. The number of quaternary nitrogens is 1. The summed E-state index contributed by atoms with van der Waals surface area (Å²) in [5, 5.41) is 2.20. The second-order valence-electron chi connectivity index (χ2n) is 3.32. The van der Waals surface area contributed by atoms with Crippen molar-refractivity contribution in [3.63, 3.8) is 0 Å². The highest BCUT2D eigenvalue weighted by molar-refractivity contribution is 8.03. The van der Waals surface area contributed by atoms with E-state index in [9.17, 15) is 0 Å². The smallest absolute Gasteiger partial charge is 0.147 e. The van der Waals surface area contributed by atoms with Crippen molar-refractivity contribution in [1.82, 2.24) is 0 Å². The van der Waals surface area contributed by atoms with Crippen LogP contribution in [0.15, 0.2) is 34.6 Å². The van der Waals surface area contributed by atoms with Gasteiger partial charge in [-0.3, -0.25) is 0 Å². The lowest BCUT2D eigenvalue weighted by Gasteiger charge is -2.08. The van der Waals surface area contributed by atoms with Gasteiger partial charge in [0.1, 0.15) is 11.4 Å². The molecule has 3 heteroatoms. The Morgan fingerprint density at radius 2 is 2.27 bits per heavy atom. The van der Waals surface area contributed by atoms with Gasteiger partial charge < -0.3 is 10.1 Å². The third-order valence-corrected chi connectivity index (χ3v) is 2.87. The Balaban J connectivity index is 2.97. The molecule has 0 fully saturated rings. The van der Waals surface area contributed by atoms with Gasteiger partial charge in [-0.2, -0.15) is 0 Å². The van der Waals surface area contributed by atoms with E-state index in [0.29, 0.717) is 0 Å². The molecule has 2 N–H and O–H groups in total. The van der Waals surface area contributed by atoms with Crippen molar-refractivity contribution in [1.29, 1.82) is 0 Å². The van der Waals surface area contributed by atoms with Crippen LogP contribution in [0.1, 0.15) is 13.8 Å². The molecular weight excluding hydrogens is 206 g/mol. The molecule has 1 aromatic carbocycles. The molecule has 0 spiro atoms. The van der Waals surface area contributed by atoms with E-state index in [1.807, 2.05) is 13.0 Å². The first-order chi connectivity index (χ1) is 7.17. The Bertz CT molecular complexity index is 349. The molecule has 0 aliphatic carbocycles. The van der Waals surface area contributed by atoms with Gasteiger partial charge in [-0.15, -0.1) is 0 Å². The van der Waals surface area contributed by atoms with Gasteiger partial charge in [-0.05, 0) is 30.9 Å². The predicted octanol–water partition coefficient (Wildman–Crippen LogP) is 2.54. The summed E-state index contributed by atoms with van der Waals surface area (Å²) in [4.78, 5) is 2.34. The van der Waals surface area contributed by atoms with Gasteiger partial charge in [-0.25, -0.2) is 0 Å². The van der Waals surface area contributed by atoms with Crippen molar-refractivity contribution < 1.29 is 10.1 Å². The minimum atomic E-state index is 0.903. The number of rotatable bonds is 5. The molecule has 0 aliphatic rings. The molecule has 82 valence electrons. The van der Waals surface area contributed by atoms with Crippen LogP contribution >= 0.6 is 11.8 Å². The molecule has 0 heterocycles. The Hall–Kier alpha value is -0.930. The van der Waals surface area contributed by atoms with Gasteiger partial charge in [0, 0.05) is 6.07 Å². The second kappa shape index (κ2) is 5.83. The van der Waals surface area contributed by atoms with Crippen molar-refractivity contribution in [3.8, 4) is 5.75 Å². The average Bonchev–Trinajstić information content (AvgIpc) is 2.20. The standard InChI is InChI=1S/C12H17NOS/c1-5-13-11-8-10(14-4)6-7-12(11)15-9(2)3/h6-8,13H,2,5H2,1,3-4H3/p+1. The van der Waals surface area contributed by atoms with Crippen molar-refractivity contribution in [3.05, 3.63) is 29.7 Å². The van der Waals surface area contributed by atoms with Crippen LogP contribution in [-0.2, 0) is 0 Å². The van der Waals surface area contributed by atoms with E-state index in [1.165, 1.54) is 10.6 Å². The van der Waals surface area contributed by atoms with Crippen molar-refractivity contribution in [2.45, 2.75) is 18.7 Å². The zero-order valence-corrected chi connectivity index (χ0v) is 10.4. The van der Waals surface area contributed by atoms with Crippen molar-refractivity contribution in [2.75, 3.05) is 13.7 Å². The number of benzene rings is 1. The lowest BCUT2D eigenvalue weighted by atomic mass is 10.3. The van der Waals surface area contributed by atoms with Crippen molar-refractivity contribution >= 4 is 17.4 Å². The highest BCUT2D eigenvalue weighted by atomic mass is 32.2. The molecule has 0 unspecified atom stereocenters. The number of hydrogen-bond acceptors (Lipinski definition) is 2. The molecule has 0 bridgehead atoms. The van der Waals surface area contributed by atoms with Crippen LogP contribution in [0.2, 0.25) is 0 Å². The van der Waals surface area contributed by atoms with E-state index in [1.54, 1.807) is 18.9 Å². The molecular formula is C12H18NOS+. The van der Waals surface area contributed by atoms with E-state index in [0.717, 1.165) is 17.2 Å². The number of nitrogens with two attached hydrogens (primary N) is 1. The van der Waals surface area contributed by atoms with Gasteiger partial charge in [0.2, 0.25) is 0 Å². The summed E-state index contributed by atoms with van der Waals surface area (Å²) < 4.78 is 5.21. The average molecular weight is 224 g/mol. The number of hydrogen-bond donors (Lipinski definition) is 1. The van der Waals surface area contributed by atoms with E-state index >= 15 is 0 Å². The Kier molecular flexibility index (Phi) is 4.72. The topological polar surface area (TPSA) is 25.8 Å². The second-order valence-corrected chi connectivity index (χ2v) is 4.66. The van der Waals surface area contributed by atoms with Crippen LogP contribution in [0.5, 0.6) is 5.75 Å². The minimum Gasteiger partial charge on any atom is -0.497 e. The molecule has 2 nitrogen and oxygen atoms in total. The quantitative estimate of drug-likeness (QED) is 0.614. The molecule has 0 radical (unpaired) electrons. The lowest BCUT2D eigenvalue weighted by Crippen LogP contribution is -2.77. The van der Waals surface area contributed by atoms with Crippen LogP contribution in [0.4, 0.5) is 5.69 Å². The van der Waals surface area contributed by atoms with Gasteiger partial charge in [-0.1, -0.05) is 18.3 Å². The van der Waals surface area contributed by atoms with E-state index in [4.69, 9.17) is 4.74 Å².